The normalized spacial score (nSPS) is 12.8. The van der Waals surface area contributed by atoms with Crippen LogP contribution in [-0.2, 0) is 9.59 Å². The smallest absolute Gasteiger partial charge is 0.387 e. The summed E-state index contributed by atoms with van der Waals surface area (Å²) in [5, 5.41) is 5.31. The standard InChI is InChI=1S/C18H24F2N2O4/c1-11(16(24)22-18(2,3)4)21-15(23)9-7-12-6-8-13(26-17(19)20)14(10-12)25-5/h6-11,17H,1-5H3,(H,21,23)(H,22,24)/b9-7+. The fraction of sp³-hybridized carbons (Fsp3) is 0.444. The van der Waals surface area contributed by atoms with E-state index in [9.17, 15) is 18.4 Å². The summed E-state index contributed by atoms with van der Waals surface area (Å²) in [6.07, 6.45) is 2.71. The van der Waals surface area contributed by atoms with E-state index in [4.69, 9.17) is 4.74 Å². The fourth-order valence-corrected chi connectivity index (χ4v) is 1.96. The molecule has 0 saturated carbocycles. The number of halogens is 2. The molecule has 1 atom stereocenters. The topological polar surface area (TPSA) is 76.7 Å². The monoisotopic (exact) mass is 370 g/mol. The predicted octanol–water partition coefficient (Wildman–Crippen LogP) is 2.73. The van der Waals surface area contributed by atoms with Crippen LogP contribution in [0.4, 0.5) is 8.78 Å². The molecule has 0 aliphatic heterocycles. The highest BCUT2D eigenvalue weighted by Gasteiger charge is 2.19. The molecular formula is C18H24F2N2O4. The number of carbonyl (C=O) groups is 2. The van der Waals surface area contributed by atoms with Crippen LogP contribution >= 0.6 is 0 Å². The zero-order chi connectivity index (χ0) is 19.9. The van der Waals surface area contributed by atoms with Crippen molar-refractivity contribution in [2.45, 2.75) is 45.9 Å². The Labute approximate surface area is 151 Å². The molecule has 0 saturated heterocycles. The minimum absolute atomic E-state index is 0.100. The van der Waals surface area contributed by atoms with E-state index in [1.54, 1.807) is 6.92 Å². The third-order valence-electron chi connectivity index (χ3n) is 3.08. The van der Waals surface area contributed by atoms with Crippen molar-refractivity contribution >= 4 is 17.9 Å². The highest BCUT2D eigenvalue weighted by atomic mass is 19.3. The number of hydrogen-bond acceptors (Lipinski definition) is 4. The molecule has 0 radical (unpaired) electrons. The predicted molar refractivity (Wildman–Crippen MR) is 94.2 cm³/mol. The van der Waals surface area contributed by atoms with Crippen molar-refractivity contribution < 1.29 is 27.8 Å². The molecule has 26 heavy (non-hydrogen) atoms. The number of alkyl halides is 2. The number of rotatable bonds is 7. The zero-order valence-electron chi connectivity index (χ0n) is 15.4. The van der Waals surface area contributed by atoms with Crippen LogP contribution in [0.25, 0.3) is 6.08 Å². The first kappa shape index (κ1) is 21.4. The highest BCUT2D eigenvalue weighted by Crippen LogP contribution is 2.29. The third kappa shape index (κ3) is 7.50. The Balaban J connectivity index is 2.72. The summed E-state index contributed by atoms with van der Waals surface area (Å²) in [6, 6.07) is 3.57. The van der Waals surface area contributed by atoms with Gasteiger partial charge in [-0.25, -0.2) is 0 Å². The number of ether oxygens (including phenoxy) is 2. The molecule has 0 spiro atoms. The van der Waals surface area contributed by atoms with E-state index < -0.39 is 24.1 Å². The van der Waals surface area contributed by atoms with Crippen LogP contribution in [0.1, 0.15) is 33.3 Å². The van der Waals surface area contributed by atoms with E-state index >= 15 is 0 Å². The maximum atomic E-state index is 12.3. The van der Waals surface area contributed by atoms with E-state index in [-0.39, 0.29) is 17.4 Å². The molecule has 0 aliphatic rings. The molecule has 0 heterocycles. The summed E-state index contributed by atoms with van der Waals surface area (Å²) < 4.78 is 33.9. The Morgan fingerprint density at radius 3 is 2.38 bits per heavy atom. The molecule has 0 fully saturated rings. The summed E-state index contributed by atoms with van der Waals surface area (Å²) >= 11 is 0. The number of nitrogens with one attached hydrogen (secondary N) is 2. The minimum Gasteiger partial charge on any atom is -0.493 e. The SMILES string of the molecule is COc1cc(/C=C/C(=O)NC(C)C(=O)NC(C)(C)C)ccc1OC(F)F. The lowest BCUT2D eigenvalue weighted by atomic mass is 10.1. The van der Waals surface area contributed by atoms with Gasteiger partial charge in [-0.3, -0.25) is 9.59 Å². The maximum Gasteiger partial charge on any atom is 0.387 e. The van der Waals surface area contributed by atoms with Crippen molar-refractivity contribution in [2.24, 2.45) is 0 Å². The van der Waals surface area contributed by atoms with Gasteiger partial charge in [0.2, 0.25) is 11.8 Å². The zero-order valence-corrected chi connectivity index (χ0v) is 15.4. The molecule has 0 aromatic heterocycles. The van der Waals surface area contributed by atoms with Gasteiger partial charge >= 0.3 is 6.61 Å². The lowest BCUT2D eigenvalue weighted by Crippen LogP contribution is -2.50. The van der Waals surface area contributed by atoms with Crippen LogP contribution in [0.5, 0.6) is 11.5 Å². The summed E-state index contributed by atoms with van der Waals surface area (Å²) in [5.41, 5.74) is 0.148. The van der Waals surface area contributed by atoms with Gasteiger partial charge < -0.3 is 20.1 Å². The molecular weight excluding hydrogens is 346 g/mol. The second-order valence-corrected chi connectivity index (χ2v) is 6.59. The van der Waals surface area contributed by atoms with E-state index in [0.717, 1.165) is 0 Å². The van der Waals surface area contributed by atoms with Gasteiger partial charge in [0.05, 0.1) is 7.11 Å². The molecule has 0 bridgehead atoms. The Morgan fingerprint density at radius 1 is 1.19 bits per heavy atom. The van der Waals surface area contributed by atoms with Crippen molar-refractivity contribution in [3.8, 4) is 11.5 Å². The minimum atomic E-state index is -2.96. The largest absolute Gasteiger partial charge is 0.493 e. The van der Waals surface area contributed by atoms with Gasteiger partial charge in [0.1, 0.15) is 6.04 Å². The van der Waals surface area contributed by atoms with E-state index in [2.05, 4.69) is 15.4 Å². The van der Waals surface area contributed by atoms with Crippen molar-refractivity contribution in [1.29, 1.82) is 0 Å². The average Bonchev–Trinajstić information content (AvgIpc) is 2.51. The molecule has 6 nitrogen and oxygen atoms in total. The van der Waals surface area contributed by atoms with E-state index in [1.165, 1.54) is 37.5 Å². The summed E-state index contributed by atoms with van der Waals surface area (Å²) in [4.78, 5) is 23.9. The van der Waals surface area contributed by atoms with Gasteiger partial charge in [-0.2, -0.15) is 8.78 Å². The Bertz CT molecular complexity index is 670. The average molecular weight is 370 g/mol. The summed E-state index contributed by atoms with van der Waals surface area (Å²) in [5.74, 6) is -0.745. The summed E-state index contributed by atoms with van der Waals surface area (Å²) in [7, 11) is 1.32. The lowest BCUT2D eigenvalue weighted by molar-refractivity contribution is -0.127. The van der Waals surface area contributed by atoms with E-state index in [0.29, 0.717) is 5.56 Å². The molecule has 8 heteroatoms. The van der Waals surface area contributed by atoms with Crippen LogP contribution in [0.3, 0.4) is 0 Å². The van der Waals surface area contributed by atoms with Crippen molar-refractivity contribution in [3.63, 3.8) is 0 Å². The van der Waals surface area contributed by atoms with Gasteiger partial charge in [0, 0.05) is 11.6 Å². The fourth-order valence-electron chi connectivity index (χ4n) is 1.96. The molecule has 1 aromatic rings. The summed E-state index contributed by atoms with van der Waals surface area (Å²) in [6.45, 7) is 4.14. The Morgan fingerprint density at radius 2 is 1.85 bits per heavy atom. The lowest BCUT2D eigenvalue weighted by Gasteiger charge is -2.23. The number of amides is 2. The van der Waals surface area contributed by atoms with Crippen molar-refractivity contribution in [2.75, 3.05) is 7.11 Å². The molecule has 2 amide bonds. The molecule has 144 valence electrons. The molecule has 1 rings (SSSR count). The van der Waals surface area contributed by atoms with Crippen LogP contribution in [0.15, 0.2) is 24.3 Å². The molecule has 1 aromatic carbocycles. The molecule has 2 N–H and O–H groups in total. The third-order valence-corrected chi connectivity index (χ3v) is 3.08. The number of carbonyl (C=O) groups excluding carboxylic acids is 2. The quantitative estimate of drug-likeness (QED) is 0.724. The van der Waals surface area contributed by atoms with Crippen LogP contribution in [0.2, 0.25) is 0 Å². The van der Waals surface area contributed by atoms with E-state index in [1.807, 2.05) is 20.8 Å². The second kappa shape index (κ2) is 9.17. The first-order chi connectivity index (χ1) is 12.0. The number of methoxy groups -OCH3 is 1. The molecule has 0 aliphatic carbocycles. The second-order valence-electron chi connectivity index (χ2n) is 6.59. The maximum absolute atomic E-state index is 12.3. The van der Waals surface area contributed by atoms with Crippen molar-refractivity contribution in [1.82, 2.24) is 10.6 Å². The highest BCUT2D eigenvalue weighted by molar-refractivity contribution is 5.95. The van der Waals surface area contributed by atoms with Gasteiger partial charge in [-0.1, -0.05) is 6.07 Å². The van der Waals surface area contributed by atoms with Crippen LogP contribution in [0, 0.1) is 0 Å². The van der Waals surface area contributed by atoms with Crippen LogP contribution < -0.4 is 20.1 Å². The van der Waals surface area contributed by atoms with Crippen molar-refractivity contribution in [3.05, 3.63) is 29.8 Å². The first-order valence-corrected chi connectivity index (χ1v) is 7.95. The van der Waals surface area contributed by atoms with Gasteiger partial charge in [-0.15, -0.1) is 0 Å². The molecule has 1 unspecified atom stereocenters. The number of hydrogen-bond donors (Lipinski definition) is 2. The van der Waals surface area contributed by atoms with Gasteiger partial charge in [0.25, 0.3) is 0 Å². The van der Waals surface area contributed by atoms with Gasteiger partial charge in [-0.05, 0) is 51.5 Å². The number of benzene rings is 1. The van der Waals surface area contributed by atoms with Gasteiger partial charge in [0.15, 0.2) is 11.5 Å². The Kier molecular flexibility index (Phi) is 7.55. The van der Waals surface area contributed by atoms with Crippen LogP contribution in [-0.4, -0.2) is 37.1 Å². The first-order valence-electron chi connectivity index (χ1n) is 7.95. The Hall–Kier alpha value is -2.64.